The molecule has 2 heterocycles. The third-order valence-electron chi connectivity index (χ3n) is 5.10. The third-order valence-corrected chi connectivity index (χ3v) is 7.63. The van der Waals surface area contributed by atoms with E-state index in [0.717, 1.165) is 4.34 Å². The number of carbonyl (C=O) groups is 1. The lowest BCUT2D eigenvalue weighted by atomic mass is 9.75. The molecule has 2 aromatic rings. The fourth-order valence-corrected chi connectivity index (χ4v) is 5.81. The van der Waals surface area contributed by atoms with Crippen molar-refractivity contribution < 1.29 is 9.18 Å². The highest BCUT2D eigenvalue weighted by Crippen LogP contribution is 2.47. The van der Waals surface area contributed by atoms with Crippen LogP contribution < -0.4 is 10.6 Å². The molecule has 2 N–H and O–H groups in total. The summed E-state index contributed by atoms with van der Waals surface area (Å²) in [6.07, 6.45) is 3.34. The van der Waals surface area contributed by atoms with Crippen LogP contribution in [-0.4, -0.2) is 21.7 Å². The molecule has 0 amide bonds. The number of aromatic nitrogens is 2. The van der Waals surface area contributed by atoms with Gasteiger partial charge in [0, 0.05) is 33.5 Å². The van der Waals surface area contributed by atoms with Gasteiger partial charge in [0.05, 0.1) is 17.6 Å². The summed E-state index contributed by atoms with van der Waals surface area (Å²) in [7, 11) is 0. The Bertz CT molecular complexity index is 1180. The Hall–Kier alpha value is -2.48. The van der Waals surface area contributed by atoms with Crippen LogP contribution in [0.5, 0.6) is 0 Å². The maximum atomic E-state index is 14.9. The van der Waals surface area contributed by atoms with Crippen molar-refractivity contribution in [3.05, 3.63) is 69.4 Å². The molecular weight excluding hydrogens is 501 g/mol. The molecule has 1 unspecified atom stereocenters. The van der Waals surface area contributed by atoms with Crippen molar-refractivity contribution in [1.82, 2.24) is 10.2 Å². The van der Waals surface area contributed by atoms with Crippen LogP contribution in [0.4, 0.5) is 9.52 Å². The predicted octanol–water partition coefficient (Wildman–Crippen LogP) is 5.02. The number of thioether (sulfide) groups is 1. The quantitative estimate of drug-likeness (QED) is 0.439. The Kier molecular flexibility index (Phi) is 6.27. The van der Waals surface area contributed by atoms with Crippen molar-refractivity contribution in [1.29, 1.82) is 5.26 Å². The van der Waals surface area contributed by atoms with Crippen LogP contribution in [0.15, 0.2) is 62.3 Å². The highest BCUT2D eigenvalue weighted by atomic mass is 79.9. The first-order chi connectivity index (χ1) is 15.0. The number of halogens is 2. The van der Waals surface area contributed by atoms with Gasteiger partial charge in [0.1, 0.15) is 11.6 Å². The molecule has 1 aliphatic heterocycles. The largest absolute Gasteiger partial charge is 0.384 e. The Morgan fingerprint density at radius 1 is 1.45 bits per heavy atom. The number of allylic oxidation sites excluding steroid dienone is 3. The van der Waals surface area contributed by atoms with Crippen LogP contribution in [0.1, 0.15) is 30.7 Å². The van der Waals surface area contributed by atoms with Crippen molar-refractivity contribution in [2.75, 3.05) is 10.7 Å². The molecule has 0 saturated carbocycles. The number of benzene rings is 1. The van der Waals surface area contributed by atoms with Crippen LogP contribution in [0.3, 0.4) is 0 Å². The number of rotatable bonds is 5. The summed E-state index contributed by atoms with van der Waals surface area (Å²) in [5.41, 5.74) is 7.92. The van der Waals surface area contributed by atoms with E-state index in [1.165, 1.54) is 29.2 Å². The number of nitrogens with zero attached hydrogens (tertiary/aromatic N) is 4. The molecule has 31 heavy (non-hydrogen) atoms. The average molecular weight is 518 g/mol. The molecule has 2 aliphatic rings. The molecule has 6 nitrogen and oxygen atoms in total. The SMILES string of the molecule is C=CCSc1nnc(N2C(N)=C(C#N)C(c3ccc(Br)cc3F)C3=C2CCCC3=O)s1. The second-order valence-electron chi connectivity index (χ2n) is 6.93. The number of hydrogen-bond donors (Lipinski definition) is 1. The number of Topliss-reactive ketones (excluding diaryl/α,β-unsaturated/α-hetero) is 1. The second-order valence-corrected chi connectivity index (χ2v) is 10.1. The van der Waals surface area contributed by atoms with Gasteiger partial charge < -0.3 is 5.73 Å². The van der Waals surface area contributed by atoms with Gasteiger partial charge in [0.2, 0.25) is 5.13 Å². The van der Waals surface area contributed by atoms with Gasteiger partial charge >= 0.3 is 0 Å². The Balaban J connectivity index is 1.89. The summed E-state index contributed by atoms with van der Waals surface area (Å²) >= 11 is 6.06. The van der Waals surface area contributed by atoms with Crippen LogP contribution in [0.2, 0.25) is 0 Å². The molecule has 158 valence electrons. The van der Waals surface area contributed by atoms with Crippen molar-refractivity contribution >= 4 is 49.9 Å². The first kappa shape index (κ1) is 21.7. The van der Waals surface area contributed by atoms with E-state index in [2.05, 4.69) is 38.8 Å². The summed E-state index contributed by atoms with van der Waals surface area (Å²) in [5, 5.41) is 18.9. The number of nitrogens with two attached hydrogens (primary N) is 1. The molecule has 1 atom stereocenters. The van der Waals surface area contributed by atoms with Gasteiger partial charge in [-0.15, -0.1) is 16.8 Å². The number of nitriles is 1. The molecule has 1 aromatic carbocycles. The van der Waals surface area contributed by atoms with Crippen molar-refractivity contribution in [3.8, 4) is 6.07 Å². The lowest BCUT2D eigenvalue weighted by Crippen LogP contribution is -2.38. The monoisotopic (exact) mass is 517 g/mol. The van der Waals surface area contributed by atoms with Gasteiger partial charge in [-0.2, -0.15) is 5.26 Å². The molecule has 0 spiro atoms. The number of carbonyl (C=O) groups excluding carboxylic acids is 1. The summed E-state index contributed by atoms with van der Waals surface area (Å²) in [6.45, 7) is 3.70. The maximum Gasteiger partial charge on any atom is 0.219 e. The van der Waals surface area contributed by atoms with E-state index in [-0.39, 0.29) is 22.7 Å². The van der Waals surface area contributed by atoms with Gasteiger partial charge in [0.15, 0.2) is 10.1 Å². The standard InChI is InChI=1S/C21H17BrFN5OS2/c1-2-8-30-21-27-26-20(31-21)28-15-4-3-5-16(29)18(15)17(13(10-24)19(28)25)12-7-6-11(22)9-14(12)23/h2,6-7,9,17H,1,3-5,8,25H2. The van der Waals surface area contributed by atoms with Gasteiger partial charge in [0.25, 0.3) is 0 Å². The summed E-state index contributed by atoms with van der Waals surface area (Å²) in [6, 6.07) is 6.73. The van der Waals surface area contributed by atoms with Crippen LogP contribution in [0.25, 0.3) is 0 Å². The zero-order valence-electron chi connectivity index (χ0n) is 16.3. The molecule has 4 rings (SSSR count). The van der Waals surface area contributed by atoms with Gasteiger partial charge in [-0.1, -0.05) is 51.2 Å². The zero-order chi connectivity index (χ0) is 22.1. The van der Waals surface area contributed by atoms with E-state index in [4.69, 9.17) is 5.73 Å². The fraction of sp³-hybridized carbons (Fsp3) is 0.238. The van der Waals surface area contributed by atoms with Crippen molar-refractivity contribution in [2.45, 2.75) is 29.5 Å². The van der Waals surface area contributed by atoms with Crippen LogP contribution >= 0.6 is 39.0 Å². The minimum atomic E-state index is -0.848. The Labute approximate surface area is 195 Å². The van der Waals surface area contributed by atoms with Gasteiger partial charge in [-0.25, -0.2) is 4.39 Å². The molecular formula is C21H17BrFN5OS2. The highest BCUT2D eigenvalue weighted by Gasteiger charge is 2.42. The zero-order valence-corrected chi connectivity index (χ0v) is 19.5. The summed E-state index contributed by atoms with van der Waals surface area (Å²) in [4.78, 5) is 14.7. The second kappa shape index (κ2) is 8.94. The Morgan fingerprint density at radius 2 is 2.26 bits per heavy atom. The predicted molar refractivity (Wildman–Crippen MR) is 123 cm³/mol. The van der Waals surface area contributed by atoms with E-state index in [9.17, 15) is 14.4 Å². The normalized spacial score (nSPS) is 18.8. The third kappa shape index (κ3) is 3.93. The van der Waals surface area contributed by atoms with Crippen LogP contribution in [0, 0.1) is 17.1 Å². The van der Waals surface area contributed by atoms with E-state index >= 15 is 0 Å². The van der Waals surface area contributed by atoms with Gasteiger partial charge in [-0.05, 0) is 25.0 Å². The van der Waals surface area contributed by atoms with E-state index in [0.29, 0.717) is 45.9 Å². The molecule has 0 radical (unpaired) electrons. The number of ketones is 1. The van der Waals surface area contributed by atoms with E-state index < -0.39 is 11.7 Å². The molecule has 10 heteroatoms. The van der Waals surface area contributed by atoms with Crippen LogP contribution in [-0.2, 0) is 4.79 Å². The molecule has 0 bridgehead atoms. The molecule has 0 saturated heterocycles. The lowest BCUT2D eigenvalue weighted by molar-refractivity contribution is -0.116. The average Bonchev–Trinajstić information content (AvgIpc) is 3.20. The number of hydrogen-bond acceptors (Lipinski definition) is 8. The molecule has 1 aromatic heterocycles. The maximum absolute atomic E-state index is 14.9. The topological polar surface area (TPSA) is 95.9 Å². The highest BCUT2D eigenvalue weighted by molar-refractivity contribution is 9.10. The Morgan fingerprint density at radius 3 is 2.97 bits per heavy atom. The first-order valence-electron chi connectivity index (χ1n) is 9.44. The molecule has 0 fully saturated rings. The molecule has 1 aliphatic carbocycles. The van der Waals surface area contributed by atoms with E-state index in [1.807, 2.05) is 0 Å². The fourth-order valence-electron chi connectivity index (χ4n) is 3.83. The summed E-state index contributed by atoms with van der Waals surface area (Å²) < 4.78 is 16.2. The van der Waals surface area contributed by atoms with E-state index in [1.54, 1.807) is 23.1 Å². The van der Waals surface area contributed by atoms with Crippen molar-refractivity contribution in [2.24, 2.45) is 5.73 Å². The number of anilines is 1. The summed E-state index contributed by atoms with van der Waals surface area (Å²) in [5.74, 6) is -0.623. The minimum Gasteiger partial charge on any atom is -0.384 e. The van der Waals surface area contributed by atoms with Crippen molar-refractivity contribution in [3.63, 3.8) is 0 Å². The smallest absolute Gasteiger partial charge is 0.219 e. The van der Waals surface area contributed by atoms with Gasteiger partial charge in [-0.3, -0.25) is 9.69 Å². The minimum absolute atomic E-state index is 0.107. The first-order valence-corrected chi connectivity index (χ1v) is 12.0. The lowest BCUT2D eigenvalue weighted by Gasteiger charge is -2.38.